The van der Waals surface area contributed by atoms with Crippen molar-refractivity contribution in [3.05, 3.63) is 47.5 Å². The molecule has 2 aromatic carbocycles. The molecule has 0 aromatic heterocycles. The van der Waals surface area contributed by atoms with Gasteiger partial charge in [-0.05, 0) is 30.2 Å². The molecule has 0 aliphatic carbocycles. The highest BCUT2D eigenvalue weighted by molar-refractivity contribution is 7.92. The third-order valence-electron chi connectivity index (χ3n) is 4.20. The fourth-order valence-corrected chi connectivity index (χ4v) is 3.90. The molecule has 1 aliphatic heterocycles. The Kier molecular flexibility index (Phi) is 4.78. The van der Waals surface area contributed by atoms with Crippen molar-refractivity contribution in [3.63, 3.8) is 0 Å². The summed E-state index contributed by atoms with van der Waals surface area (Å²) in [4.78, 5) is 12.6. The summed E-state index contributed by atoms with van der Waals surface area (Å²) in [6.07, 6.45) is 1.76. The van der Waals surface area contributed by atoms with Crippen LogP contribution in [0.3, 0.4) is 0 Å². The zero-order valence-electron chi connectivity index (χ0n) is 14.8. The van der Waals surface area contributed by atoms with E-state index in [2.05, 4.69) is 5.32 Å². The number of nitrogens with one attached hydrogen (secondary N) is 1. The Balaban J connectivity index is 1.84. The lowest BCUT2D eigenvalue weighted by molar-refractivity contribution is 0.102. The Morgan fingerprint density at radius 3 is 2.31 bits per heavy atom. The van der Waals surface area contributed by atoms with E-state index in [0.29, 0.717) is 41.4 Å². The third kappa shape index (κ3) is 3.60. The van der Waals surface area contributed by atoms with Gasteiger partial charge >= 0.3 is 0 Å². The zero-order chi connectivity index (χ0) is 18.9. The minimum atomic E-state index is -3.31. The molecule has 0 saturated carbocycles. The van der Waals surface area contributed by atoms with Gasteiger partial charge in [0.05, 0.1) is 26.2 Å². The van der Waals surface area contributed by atoms with E-state index in [9.17, 15) is 13.2 Å². The molecule has 1 amide bonds. The first-order chi connectivity index (χ1) is 12.3. The molecule has 0 radical (unpaired) electrons. The number of carbonyl (C=O) groups is 1. The van der Waals surface area contributed by atoms with E-state index < -0.39 is 10.0 Å². The van der Waals surface area contributed by atoms with Crippen LogP contribution < -0.4 is 19.1 Å². The van der Waals surface area contributed by atoms with Crippen LogP contribution in [0.2, 0.25) is 0 Å². The fourth-order valence-electron chi connectivity index (χ4n) is 2.94. The average molecular weight is 376 g/mol. The van der Waals surface area contributed by atoms with Crippen LogP contribution in [-0.2, 0) is 16.4 Å². The number of carbonyl (C=O) groups excluding carboxylic acids is 1. The van der Waals surface area contributed by atoms with Crippen molar-refractivity contribution in [1.82, 2.24) is 0 Å². The molecule has 0 saturated heterocycles. The lowest BCUT2D eigenvalue weighted by Crippen LogP contribution is -2.27. The molecule has 138 valence electrons. The highest BCUT2D eigenvalue weighted by Gasteiger charge is 2.26. The van der Waals surface area contributed by atoms with Crippen molar-refractivity contribution >= 4 is 27.3 Å². The number of fused-ring (bicyclic) bond motifs is 1. The van der Waals surface area contributed by atoms with Gasteiger partial charge in [-0.25, -0.2) is 8.42 Å². The van der Waals surface area contributed by atoms with Crippen LogP contribution in [0.5, 0.6) is 11.5 Å². The molecule has 1 N–H and O–H groups in total. The Labute approximate surface area is 152 Å². The zero-order valence-corrected chi connectivity index (χ0v) is 15.6. The van der Waals surface area contributed by atoms with Gasteiger partial charge in [0.15, 0.2) is 0 Å². The van der Waals surface area contributed by atoms with E-state index in [1.807, 2.05) is 0 Å². The van der Waals surface area contributed by atoms with Gasteiger partial charge in [0.1, 0.15) is 11.5 Å². The topological polar surface area (TPSA) is 84.9 Å². The summed E-state index contributed by atoms with van der Waals surface area (Å²) in [5.41, 5.74) is 2.48. The van der Waals surface area contributed by atoms with E-state index >= 15 is 0 Å². The van der Waals surface area contributed by atoms with Gasteiger partial charge < -0.3 is 14.8 Å². The maximum atomic E-state index is 12.6. The summed E-state index contributed by atoms with van der Waals surface area (Å²) in [5.74, 6) is 0.843. The number of nitrogens with zero attached hydrogens (tertiary/aromatic N) is 1. The number of sulfonamides is 1. The van der Waals surface area contributed by atoms with Crippen LogP contribution in [0.15, 0.2) is 36.4 Å². The summed E-state index contributed by atoms with van der Waals surface area (Å²) < 4.78 is 35.3. The van der Waals surface area contributed by atoms with Gasteiger partial charge in [0, 0.05) is 36.0 Å². The smallest absolute Gasteiger partial charge is 0.255 e. The lowest BCUT2D eigenvalue weighted by atomic mass is 10.1. The second-order valence-corrected chi connectivity index (χ2v) is 7.89. The molecule has 0 atom stereocenters. The van der Waals surface area contributed by atoms with Crippen molar-refractivity contribution in [1.29, 1.82) is 0 Å². The third-order valence-corrected chi connectivity index (χ3v) is 5.38. The molecule has 1 aliphatic rings. The Bertz CT molecular complexity index is 934. The summed E-state index contributed by atoms with van der Waals surface area (Å²) in [6, 6.07) is 10.1. The molecule has 7 nitrogen and oxygen atoms in total. The van der Waals surface area contributed by atoms with Crippen molar-refractivity contribution in [2.75, 3.05) is 36.6 Å². The van der Waals surface area contributed by atoms with Crippen LogP contribution in [0.25, 0.3) is 0 Å². The van der Waals surface area contributed by atoms with Crippen LogP contribution in [0, 0.1) is 0 Å². The number of amides is 1. The molecule has 8 heteroatoms. The lowest BCUT2D eigenvalue weighted by Gasteiger charge is -2.16. The van der Waals surface area contributed by atoms with E-state index in [1.54, 1.807) is 36.4 Å². The van der Waals surface area contributed by atoms with Crippen molar-refractivity contribution in [2.45, 2.75) is 6.42 Å². The molecular weight excluding hydrogens is 356 g/mol. The predicted octanol–water partition coefficient (Wildman–Crippen LogP) is 2.28. The van der Waals surface area contributed by atoms with Gasteiger partial charge in [0.2, 0.25) is 10.0 Å². The number of hydrogen-bond acceptors (Lipinski definition) is 5. The predicted molar refractivity (Wildman–Crippen MR) is 99.8 cm³/mol. The highest BCUT2D eigenvalue weighted by atomic mass is 32.2. The van der Waals surface area contributed by atoms with Gasteiger partial charge in [0.25, 0.3) is 5.91 Å². The minimum absolute atomic E-state index is 0.291. The first-order valence-corrected chi connectivity index (χ1v) is 9.81. The molecule has 0 fully saturated rings. The molecule has 3 rings (SSSR count). The van der Waals surface area contributed by atoms with Crippen molar-refractivity contribution in [2.24, 2.45) is 0 Å². The van der Waals surface area contributed by atoms with Crippen molar-refractivity contribution < 1.29 is 22.7 Å². The number of anilines is 2. The SMILES string of the molecule is COc1cc(NC(=O)c2ccc3c(c2)CCN3S(C)(=O)=O)cc(OC)c1. The van der Waals surface area contributed by atoms with Crippen LogP contribution >= 0.6 is 0 Å². The number of benzene rings is 2. The van der Waals surface area contributed by atoms with Gasteiger partial charge in [-0.1, -0.05) is 0 Å². The summed E-state index contributed by atoms with van der Waals surface area (Å²) in [7, 11) is -0.236. The minimum Gasteiger partial charge on any atom is -0.497 e. The number of rotatable bonds is 5. The second-order valence-electron chi connectivity index (χ2n) is 5.98. The van der Waals surface area contributed by atoms with Crippen LogP contribution in [0.4, 0.5) is 11.4 Å². The monoisotopic (exact) mass is 376 g/mol. The summed E-state index contributed by atoms with van der Waals surface area (Å²) >= 11 is 0. The Hall–Kier alpha value is -2.74. The van der Waals surface area contributed by atoms with E-state index in [-0.39, 0.29) is 5.91 Å². The Morgan fingerprint density at radius 1 is 1.08 bits per heavy atom. The van der Waals surface area contributed by atoms with Gasteiger partial charge in [-0.3, -0.25) is 9.10 Å². The quantitative estimate of drug-likeness (QED) is 0.865. The molecular formula is C18H20N2O5S. The summed E-state index contributed by atoms with van der Waals surface area (Å²) in [5, 5.41) is 2.81. The van der Waals surface area contributed by atoms with Gasteiger partial charge in [-0.2, -0.15) is 0 Å². The normalized spacial score (nSPS) is 13.3. The molecule has 26 heavy (non-hydrogen) atoms. The molecule has 2 aromatic rings. The Morgan fingerprint density at radius 2 is 1.73 bits per heavy atom. The second kappa shape index (κ2) is 6.87. The van der Waals surface area contributed by atoms with Crippen LogP contribution in [0.1, 0.15) is 15.9 Å². The van der Waals surface area contributed by atoms with Gasteiger partial charge in [-0.15, -0.1) is 0 Å². The molecule has 0 spiro atoms. The highest BCUT2D eigenvalue weighted by Crippen LogP contribution is 2.31. The van der Waals surface area contributed by atoms with E-state index in [0.717, 1.165) is 5.56 Å². The standard InChI is InChI=1S/C18H20N2O5S/c1-24-15-9-14(10-16(11-15)25-2)19-18(21)13-4-5-17-12(8-13)6-7-20(17)26(3,22)23/h4-5,8-11H,6-7H2,1-3H3,(H,19,21). The summed E-state index contributed by atoms with van der Waals surface area (Å²) in [6.45, 7) is 0.395. The average Bonchev–Trinajstić information content (AvgIpc) is 3.04. The fraction of sp³-hybridized carbons (Fsp3) is 0.278. The number of methoxy groups -OCH3 is 2. The molecule has 1 heterocycles. The largest absolute Gasteiger partial charge is 0.497 e. The molecule has 0 unspecified atom stereocenters. The first-order valence-electron chi connectivity index (χ1n) is 7.97. The van der Waals surface area contributed by atoms with E-state index in [1.165, 1.54) is 24.8 Å². The molecule has 0 bridgehead atoms. The first kappa shape index (κ1) is 18.1. The van der Waals surface area contributed by atoms with Crippen LogP contribution in [-0.4, -0.2) is 41.3 Å². The maximum Gasteiger partial charge on any atom is 0.255 e. The maximum absolute atomic E-state index is 12.6. The van der Waals surface area contributed by atoms with Crippen molar-refractivity contribution in [3.8, 4) is 11.5 Å². The number of hydrogen-bond donors (Lipinski definition) is 1. The van der Waals surface area contributed by atoms with E-state index in [4.69, 9.17) is 9.47 Å². The number of ether oxygens (including phenoxy) is 2.